The van der Waals surface area contributed by atoms with E-state index in [2.05, 4.69) is 20.9 Å². The maximum atomic E-state index is 11.8. The van der Waals surface area contributed by atoms with E-state index >= 15 is 0 Å². The van der Waals surface area contributed by atoms with Gasteiger partial charge in [-0.2, -0.15) is 0 Å². The predicted molar refractivity (Wildman–Crippen MR) is 116 cm³/mol. The lowest BCUT2D eigenvalue weighted by molar-refractivity contribution is -0.121. The topological polar surface area (TPSA) is 84.0 Å². The van der Waals surface area contributed by atoms with Gasteiger partial charge in [-0.1, -0.05) is 6.07 Å². The lowest BCUT2D eigenvalue weighted by atomic mass is 10.1. The molecule has 7 nitrogen and oxygen atoms in total. The van der Waals surface area contributed by atoms with Gasteiger partial charge in [-0.25, -0.2) is 0 Å². The van der Waals surface area contributed by atoms with Crippen molar-refractivity contribution >= 4 is 35.8 Å². The molecular weight excluding hydrogens is 447 g/mol. The molecular formula is C18H31IN4O3. The van der Waals surface area contributed by atoms with Gasteiger partial charge in [-0.05, 0) is 39.3 Å². The van der Waals surface area contributed by atoms with Gasteiger partial charge in [0.2, 0.25) is 5.91 Å². The van der Waals surface area contributed by atoms with Crippen molar-refractivity contribution in [1.82, 2.24) is 16.0 Å². The van der Waals surface area contributed by atoms with Gasteiger partial charge in [0.15, 0.2) is 5.96 Å². The van der Waals surface area contributed by atoms with Gasteiger partial charge in [-0.15, -0.1) is 24.0 Å². The van der Waals surface area contributed by atoms with Gasteiger partial charge < -0.3 is 25.4 Å². The van der Waals surface area contributed by atoms with Crippen molar-refractivity contribution in [3.8, 4) is 11.5 Å². The number of rotatable bonds is 8. The summed E-state index contributed by atoms with van der Waals surface area (Å²) in [5, 5.41) is 9.02. The lowest BCUT2D eigenvalue weighted by Crippen LogP contribution is -2.48. The van der Waals surface area contributed by atoms with E-state index < -0.39 is 0 Å². The third kappa shape index (κ3) is 11.0. The molecule has 0 aliphatic rings. The molecule has 0 aliphatic heterocycles. The molecule has 0 heterocycles. The largest absolute Gasteiger partial charge is 0.497 e. The molecule has 1 amide bonds. The SMILES string of the molecule is CN=C(NCCCOc1cccc(OC)c1)NCC(=O)NC(C)(C)C.I. The quantitative estimate of drug-likeness (QED) is 0.231. The number of carbonyl (C=O) groups is 1. The first kappa shape index (κ1) is 24.3. The van der Waals surface area contributed by atoms with Crippen LogP contribution >= 0.6 is 24.0 Å². The number of carbonyl (C=O) groups excluding carboxylic acids is 1. The van der Waals surface area contributed by atoms with Crippen molar-refractivity contribution in [2.24, 2.45) is 4.99 Å². The molecule has 0 atom stereocenters. The molecule has 0 aliphatic carbocycles. The van der Waals surface area contributed by atoms with Gasteiger partial charge >= 0.3 is 0 Å². The van der Waals surface area contributed by atoms with E-state index in [0.717, 1.165) is 17.9 Å². The zero-order chi connectivity index (χ0) is 18.7. The number of amides is 1. The van der Waals surface area contributed by atoms with E-state index in [0.29, 0.717) is 19.1 Å². The number of ether oxygens (including phenoxy) is 2. The number of hydrogen-bond acceptors (Lipinski definition) is 4. The molecule has 26 heavy (non-hydrogen) atoms. The maximum absolute atomic E-state index is 11.8. The number of nitrogens with zero attached hydrogens (tertiary/aromatic N) is 1. The Kier molecular flexibility index (Phi) is 11.8. The summed E-state index contributed by atoms with van der Waals surface area (Å²) in [6.45, 7) is 7.27. The van der Waals surface area contributed by atoms with E-state index in [-0.39, 0.29) is 42.0 Å². The summed E-state index contributed by atoms with van der Waals surface area (Å²) in [7, 11) is 3.30. The fourth-order valence-corrected chi connectivity index (χ4v) is 2.01. The van der Waals surface area contributed by atoms with Gasteiger partial charge in [0, 0.05) is 25.2 Å². The zero-order valence-corrected chi connectivity index (χ0v) is 18.5. The Hall–Kier alpha value is -1.71. The summed E-state index contributed by atoms with van der Waals surface area (Å²) in [4.78, 5) is 15.9. The minimum absolute atomic E-state index is 0. The molecule has 1 rings (SSSR count). The third-order valence-corrected chi connectivity index (χ3v) is 3.08. The third-order valence-electron chi connectivity index (χ3n) is 3.08. The summed E-state index contributed by atoms with van der Waals surface area (Å²) < 4.78 is 10.8. The number of methoxy groups -OCH3 is 1. The predicted octanol–water partition coefficient (Wildman–Crippen LogP) is 2.16. The second kappa shape index (κ2) is 12.6. The van der Waals surface area contributed by atoms with Gasteiger partial charge in [-0.3, -0.25) is 9.79 Å². The van der Waals surface area contributed by atoms with Crippen molar-refractivity contribution in [2.45, 2.75) is 32.7 Å². The average molecular weight is 478 g/mol. The Labute approximate surface area is 173 Å². The first-order valence-electron chi connectivity index (χ1n) is 8.36. The standard InChI is InChI=1S/C18H30N4O3.HI/c1-18(2,3)22-16(23)13-21-17(19-4)20-10-7-11-25-15-9-6-8-14(12-15)24-5;/h6,8-9,12H,7,10-11,13H2,1-5H3,(H,22,23)(H2,19,20,21);1H. The normalized spacial score (nSPS) is 11.2. The first-order chi connectivity index (χ1) is 11.8. The van der Waals surface area contributed by atoms with Crippen molar-refractivity contribution in [1.29, 1.82) is 0 Å². The van der Waals surface area contributed by atoms with Crippen LogP contribution in [0.2, 0.25) is 0 Å². The molecule has 0 saturated heterocycles. The van der Waals surface area contributed by atoms with Crippen molar-refractivity contribution in [3.63, 3.8) is 0 Å². The zero-order valence-electron chi connectivity index (χ0n) is 16.2. The monoisotopic (exact) mass is 478 g/mol. The number of benzene rings is 1. The highest BCUT2D eigenvalue weighted by Crippen LogP contribution is 2.18. The Morgan fingerprint density at radius 3 is 2.50 bits per heavy atom. The van der Waals surface area contributed by atoms with Crippen LogP contribution in [0.1, 0.15) is 27.2 Å². The van der Waals surface area contributed by atoms with Gasteiger partial charge in [0.1, 0.15) is 11.5 Å². The van der Waals surface area contributed by atoms with Crippen molar-refractivity contribution < 1.29 is 14.3 Å². The second-order valence-corrected chi connectivity index (χ2v) is 6.53. The molecule has 0 fully saturated rings. The number of hydrogen-bond donors (Lipinski definition) is 3. The summed E-state index contributed by atoms with van der Waals surface area (Å²) in [5.74, 6) is 2.07. The molecule has 3 N–H and O–H groups in total. The van der Waals surface area contributed by atoms with Crippen LogP contribution in [-0.2, 0) is 4.79 Å². The highest BCUT2D eigenvalue weighted by atomic mass is 127. The van der Waals surface area contributed by atoms with E-state index in [4.69, 9.17) is 9.47 Å². The van der Waals surface area contributed by atoms with Crippen LogP contribution in [0, 0.1) is 0 Å². The van der Waals surface area contributed by atoms with Crippen LogP contribution in [0.25, 0.3) is 0 Å². The van der Waals surface area contributed by atoms with Crippen LogP contribution in [0.5, 0.6) is 11.5 Å². The number of nitrogens with one attached hydrogen (secondary N) is 3. The highest BCUT2D eigenvalue weighted by molar-refractivity contribution is 14.0. The number of aliphatic imine (C=N–C) groups is 1. The molecule has 0 radical (unpaired) electrons. The molecule has 0 saturated carbocycles. The summed E-state index contributed by atoms with van der Waals surface area (Å²) in [6.07, 6.45) is 0.798. The van der Waals surface area contributed by atoms with Crippen LogP contribution in [-0.4, -0.2) is 51.3 Å². The van der Waals surface area contributed by atoms with Crippen molar-refractivity contribution in [2.75, 3.05) is 33.9 Å². The van der Waals surface area contributed by atoms with Gasteiger partial charge in [0.25, 0.3) is 0 Å². The van der Waals surface area contributed by atoms with Crippen LogP contribution in [0.4, 0.5) is 0 Å². The van der Waals surface area contributed by atoms with Gasteiger partial charge in [0.05, 0.1) is 20.3 Å². The van der Waals surface area contributed by atoms with Crippen LogP contribution in [0.3, 0.4) is 0 Å². The Balaban J connectivity index is 0.00000625. The molecule has 0 bridgehead atoms. The molecule has 0 unspecified atom stereocenters. The van der Waals surface area contributed by atoms with E-state index in [1.54, 1.807) is 14.2 Å². The minimum Gasteiger partial charge on any atom is -0.497 e. The molecule has 8 heteroatoms. The van der Waals surface area contributed by atoms with Crippen LogP contribution in [0.15, 0.2) is 29.3 Å². The first-order valence-corrected chi connectivity index (χ1v) is 8.36. The lowest BCUT2D eigenvalue weighted by Gasteiger charge is -2.21. The molecule has 1 aromatic carbocycles. The molecule has 0 aromatic heterocycles. The number of guanidine groups is 1. The van der Waals surface area contributed by atoms with Crippen molar-refractivity contribution in [3.05, 3.63) is 24.3 Å². The van der Waals surface area contributed by atoms with E-state index in [9.17, 15) is 4.79 Å². The Morgan fingerprint density at radius 2 is 1.88 bits per heavy atom. The summed E-state index contributed by atoms with van der Waals surface area (Å²) in [6, 6.07) is 7.51. The van der Waals surface area contributed by atoms with Crippen LogP contribution < -0.4 is 25.4 Å². The summed E-state index contributed by atoms with van der Waals surface area (Å²) >= 11 is 0. The maximum Gasteiger partial charge on any atom is 0.239 e. The number of halogens is 1. The fraction of sp³-hybridized carbons (Fsp3) is 0.556. The average Bonchev–Trinajstić information content (AvgIpc) is 2.56. The van der Waals surface area contributed by atoms with E-state index in [1.165, 1.54) is 0 Å². The summed E-state index contributed by atoms with van der Waals surface area (Å²) in [5.41, 5.74) is -0.243. The Morgan fingerprint density at radius 1 is 1.19 bits per heavy atom. The molecule has 1 aromatic rings. The molecule has 148 valence electrons. The minimum atomic E-state index is -0.243. The van der Waals surface area contributed by atoms with E-state index in [1.807, 2.05) is 45.0 Å². The fourth-order valence-electron chi connectivity index (χ4n) is 2.01. The highest BCUT2D eigenvalue weighted by Gasteiger charge is 2.13. The molecule has 0 spiro atoms. The smallest absolute Gasteiger partial charge is 0.239 e. The Bertz CT molecular complexity index is 574. The second-order valence-electron chi connectivity index (χ2n) is 6.53.